The van der Waals surface area contributed by atoms with Crippen LogP contribution in [0.5, 0.6) is 0 Å². The molecule has 0 aromatic carbocycles. The summed E-state index contributed by atoms with van der Waals surface area (Å²) in [6.45, 7) is 8.36. The van der Waals surface area contributed by atoms with E-state index in [1.54, 1.807) is 13.8 Å². The fraction of sp³-hybridized carbons (Fsp3) is 0.833. The van der Waals surface area contributed by atoms with Gasteiger partial charge < -0.3 is 0 Å². The molecule has 0 N–H and O–H groups in total. The van der Waals surface area contributed by atoms with Gasteiger partial charge >= 0.3 is 51.9 Å². The van der Waals surface area contributed by atoms with Crippen LogP contribution in [-0.2, 0) is 30.7 Å². The van der Waals surface area contributed by atoms with Gasteiger partial charge in [0.05, 0.1) is 5.41 Å². The van der Waals surface area contributed by atoms with Crippen LogP contribution in [-0.4, -0.2) is 11.6 Å². The van der Waals surface area contributed by atoms with Crippen molar-refractivity contribution < 1.29 is 30.7 Å². The molecule has 0 aromatic heterocycles. The van der Waals surface area contributed by atoms with Crippen LogP contribution in [0, 0.1) is 5.41 Å². The molecule has 0 aromatic rings. The maximum atomic E-state index is 10.7. The Morgan fingerprint density at radius 1 is 1.07 bits per heavy atom. The van der Waals surface area contributed by atoms with Crippen LogP contribution in [0.2, 0.25) is 4.64 Å². The standard InChI is InChI=1S/C7H12O2.C5H11.Au/c1-5(8)7(3,4)6(2)9;1-3-5-4-2;/h1-4H3;1,3-5H2,2H3;. The van der Waals surface area contributed by atoms with Crippen LogP contribution in [0.15, 0.2) is 0 Å². The summed E-state index contributed by atoms with van der Waals surface area (Å²) in [5, 5.41) is 0. The van der Waals surface area contributed by atoms with Crippen LogP contribution in [0.4, 0.5) is 0 Å². The van der Waals surface area contributed by atoms with Gasteiger partial charge in [0.25, 0.3) is 0 Å². The van der Waals surface area contributed by atoms with Gasteiger partial charge in [-0.2, -0.15) is 0 Å². The summed E-state index contributed by atoms with van der Waals surface area (Å²) < 4.78 is 1.30. The molecular weight excluding hydrogens is 373 g/mol. The van der Waals surface area contributed by atoms with Gasteiger partial charge in [0, 0.05) is 0 Å². The number of carbonyl (C=O) groups is 2. The maximum absolute atomic E-state index is 10.7. The molecule has 0 spiro atoms. The number of ketones is 2. The fourth-order valence-corrected chi connectivity index (χ4v) is 1.11. The van der Waals surface area contributed by atoms with Crippen LogP contribution in [0.3, 0.4) is 0 Å². The van der Waals surface area contributed by atoms with E-state index < -0.39 is 5.41 Å². The third-order valence-corrected chi connectivity index (χ3v) is 3.24. The first-order valence-electron chi connectivity index (χ1n) is 5.33. The molecule has 0 aliphatic carbocycles. The van der Waals surface area contributed by atoms with Gasteiger partial charge in [-0.1, -0.05) is 0 Å². The van der Waals surface area contributed by atoms with Gasteiger partial charge in [0.1, 0.15) is 11.6 Å². The Morgan fingerprint density at radius 3 is 1.53 bits per heavy atom. The van der Waals surface area contributed by atoms with Gasteiger partial charge in [0.15, 0.2) is 0 Å². The molecule has 0 bridgehead atoms. The molecule has 0 rings (SSSR count). The summed E-state index contributed by atoms with van der Waals surface area (Å²) >= 11 is 2.56. The van der Waals surface area contributed by atoms with E-state index in [1.165, 1.54) is 37.7 Å². The van der Waals surface area contributed by atoms with E-state index >= 15 is 0 Å². The molecule has 0 heterocycles. The van der Waals surface area contributed by atoms with Gasteiger partial charge in [-0.05, 0) is 27.7 Å². The van der Waals surface area contributed by atoms with Gasteiger partial charge in [-0.25, -0.2) is 0 Å². The molecule has 0 aliphatic heterocycles. The van der Waals surface area contributed by atoms with Crippen LogP contribution < -0.4 is 0 Å². The number of hydrogen-bond acceptors (Lipinski definition) is 2. The monoisotopic (exact) mass is 396 g/mol. The van der Waals surface area contributed by atoms with Crippen molar-refractivity contribution in [1.29, 1.82) is 0 Å². The number of carbonyl (C=O) groups excluding carboxylic acids is 2. The molecule has 0 saturated heterocycles. The van der Waals surface area contributed by atoms with Gasteiger partial charge in [-0.15, -0.1) is 0 Å². The second-order valence-electron chi connectivity index (χ2n) is 4.10. The van der Waals surface area contributed by atoms with Crippen LogP contribution in [0.25, 0.3) is 0 Å². The van der Waals surface area contributed by atoms with E-state index in [4.69, 9.17) is 0 Å². The van der Waals surface area contributed by atoms with Crippen molar-refractivity contribution in [3.8, 4) is 0 Å². The minimum absolute atomic E-state index is 0.0741. The summed E-state index contributed by atoms with van der Waals surface area (Å²) in [6, 6.07) is 0. The Balaban J connectivity index is 0. The molecule has 0 aliphatic rings. The average Bonchev–Trinajstić information content (AvgIpc) is 2.15. The molecule has 0 fully saturated rings. The quantitative estimate of drug-likeness (QED) is 0.406. The van der Waals surface area contributed by atoms with Crippen molar-refractivity contribution >= 4 is 11.6 Å². The van der Waals surface area contributed by atoms with E-state index in [0.717, 1.165) is 0 Å². The summed E-state index contributed by atoms with van der Waals surface area (Å²) in [5.74, 6) is -0.148. The molecule has 3 heteroatoms. The Labute approximate surface area is 106 Å². The third kappa shape index (κ3) is 9.04. The van der Waals surface area contributed by atoms with Crippen molar-refractivity contribution in [3.05, 3.63) is 0 Å². The molecule has 0 amide bonds. The zero-order valence-electron chi connectivity index (χ0n) is 10.4. The SMILES string of the molecule is CC(=O)C(C)(C)C(C)=O.CCCC[CH2][Au]. The van der Waals surface area contributed by atoms with Crippen LogP contribution >= 0.6 is 0 Å². The second kappa shape index (κ2) is 9.32. The van der Waals surface area contributed by atoms with Crippen molar-refractivity contribution in [1.82, 2.24) is 0 Å². The summed E-state index contributed by atoms with van der Waals surface area (Å²) in [7, 11) is 0. The average molecular weight is 396 g/mol. The number of hydrogen-bond donors (Lipinski definition) is 0. The van der Waals surface area contributed by atoms with E-state index in [-0.39, 0.29) is 11.6 Å². The Morgan fingerprint density at radius 2 is 1.47 bits per heavy atom. The normalized spacial score (nSPS) is 10.3. The Bertz CT molecular complexity index is 178. The molecule has 15 heavy (non-hydrogen) atoms. The topological polar surface area (TPSA) is 34.1 Å². The number of rotatable bonds is 5. The second-order valence-corrected chi connectivity index (χ2v) is 5.18. The molecule has 0 saturated carbocycles. The Kier molecular flexibility index (Phi) is 10.9. The van der Waals surface area contributed by atoms with Gasteiger partial charge in [-0.3, -0.25) is 9.59 Å². The molecule has 0 radical (unpaired) electrons. The van der Waals surface area contributed by atoms with Crippen LogP contribution in [0.1, 0.15) is 53.9 Å². The van der Waals surface area contributed by atoms with Crippen molar-refractivity contribution in [2.45, 2.75) is 58.5 Å². The summed E-state index contributed by atoms with van der Waals surface area (Å²) in [4.78, 5) is 21.4. The molecule has 2 nitrogen and oxygen atoms in total. The first-order valence-corrected chi connectivity index (χ1v) is 6.86. The molecular formula is C12H23AuO2. The van der Waals surface area contributed by atoms with E-state index in [9.17, 15) is 9.59 Å². The first kappa shape index (κ1) is 17.5. The first-order chi connectivity index (χ1) is 6.80. The van der Waals surface area contributed by atoms with E-state index in [2.05, 4.69) is 28.0 Å². The van der Waals surface area contributed by atoms with E-state index in [1.807, 2.05) is 0 Å². The van der Waals surface area contributed by atoms with Crippen molar-refractivity contribution in [2.75, 3.05) is 0 Å². The predicted molar refractivity (Wildman–Crippen MR) is 59.5 cm³/mol. The predicted octanol–water partition coefficient (Wildman–Crippen LogP) is 3.33. The third-order valence-electron chi connectivity index (χ3n) is 2.47. The summed E-state index contributed by atoms with van der Waals surface area (Å²) in [5.41, 5.74) is -0.778. The summed E-state index contributed by atoms with van der Waals surface area (Å²) in [6.07, 6.45) is 4.13. The Hall–Kier alpha value is 0.0803. The number of Topliss-reactive ketones (excluding diaryl/α,β-unsaturated/α-hetero) is 2. The van der Waals surface area contributed by atoms with Crippen molar-refractivity contribution in [2.24, 2.45) is 5.41 Å². The van der Waals surface area contributed by atoms with E-state index in [0.29, 0.717) is 0 Å². The van der Waals surface area contributed by atoms with Crippen molar-refractivity contribution in [3.63, 3.8) is 0 Å². The van der Waals surface area contributed by atoms with Gasteiger partial charge in [0.2, 0.25) is 0 Å². The molecule has 0 atom stereocenters. The molecule has 94 valence electrons. The molecule has 0 unspecified atom stereocenters. The minimum atomic E-state index is -0.778. The zero-order valence-corrected chi connectivity index (χ0v) is 12.6. The fourth-order valence-electron chi connectivity index (χ4n) is 0.573. The number of unbranched alkanes of at least 4 members (excludes halogenated alkanes) is 2. The zero-order chi connectivity index (χ0) is 12.5.